The van der Waals surface area contributed by atoms with Crippen LogP contribution in [0.3, 0.4) is 0 Å². The van der Waals surface area contributed by atoms with Crippen LogP contribution in [0.5, 0.6) is 5.75 Å². The lowest BCUT2D eigenvalue weighted by molar-refractivity contribution is 0.0982. The maximum Gasteiger partial charge on any atom is 0.163 e. The number of Topliss-reactive ketones (excluding diaryl/α,β-unsaturated/α-hetero) is 1. The number of nitrogens with zero attached hydrogens (tertiary/aromatic N) is 2. The minimum absolute atomic E-state index is 0.130. The number of benzene rings is 1. The Labute approximate surface area is 113 Å². The molecule has 0 amide bonds. The molecule has 2 rings (SSSR count). The first-order valence-corrected chi connectivity index (χ1v) is 6.42. The highest BCUT2D eigenvalue weighted by atomic mass is 16.5. The Balaban J connectivity index is 1.97. The molecule has 0 N–H and O–H groups in total. The van der Waals surface area contributed by atoms with Crippen molar-refractivity contribution in [3.8, 4) is 5.75 Å². The Morgan fingerprint density at radius 1 is 1.42 bits per heavy atom. The molecule has 1 aromatic carbocycles. The molecule has 0 unspecified atom stereocenters. The lowest BCUT2D eigenvalue weighted by atomic mass is 10.0. The first-order chi connectivity index (χ1) is 9.19. The van der Waals surface area contributed by atoms with Gasteiger partial charge in [0.25, 0.3) is 0 Å². The first kappa shape index (κ1) is 13.3. The summed E-state index contributed by atoms with van der Waals surface area (Å²) in [7, 11) is 1.87. The largest absolute Gasteiger partial charge is 0.494 e. The monoisotopic (exact) mass is 258 g/mol. The maximum absolute atomic E-state index is 12.1. The third-order valence-corrected chi connectivity index (χ3v) is 2.87. The number of carbonyl (C=O) groups excluding carboxylic acids is 1. The van der Waals surface area contributed by atoms with Crippen molar-refractivity contribution in [2.75, 3.05) is 6.61 Å². The van der Waals surface area contributed by atoms with Gasteiger partial charge in [0.15, 0.2) is 5.78 Å². The molecule has 0 aliphatic carbocycles. The van der Waals surface area contributed by atoms with Crippen LogP contribution in [0.4, 0.5) is 0 Å². The second-order valence-corrected chi connectivity index (χ2v) is 4.41. The highest BCUT2D eigenvalue weighted by Crippen LogP contribution is 2.15. The van der Waals surface area contributed by atoms with E-state index in [4.69, 9.17) is 4.74 Å². The number of hydrogen-bond acceptors (Lipinski definition) is 3. The second kappa shape index (κ2) is 6.18. The van der Waals surface area contributed by atoms with E-state index in [-0.39, 0.29) is 5.78 Å². The zero-order valence-electron chi connectivity index (χ0n) is 11.3. The summed E-state index contributed by atoms with van der Waals surface area (Å²) in [6, 6.07) is 7.34. The van der Waals surface area contributed by atoms with E-state index in [1.165, 1.54) is 0 Å². The van der Waals surface area contributed by atoms with Crippen molar-refractivity contribution < 1.29 is 9.53 Å². The van der Waals surface area contributed by atoms with Crippen molar-refractivity contribution in [2.45, 2.75) is 19.8 Å². The van der Waals surface area contributed by atoms with Crippen LogP contribution in [0.2, 0.25) is 0 Å². The molecule has 4 nitrogen and oxygen atoms in total. The molecule has 0 spiro atoms. The summed E-state index contributed by atoms with van der Waals surface area (Å²) in [6.07, 6.45) is 4.93. The number of ketones is 1. The van der Waals surface area contributed by atoms with E-state index >= 15 is 0 Å². The summed E-state index contributed by atoms with van der Waals surface area (Å²) in [5.74, 6) is 0.875. The van der Waals surface area contributed by atoms with Gasteiger partial charge < -0.3 is 4.74 Å². The van der Waals surface area contributed by atoms with Gasteiger partial charge >= 0.3 is 0 Å². The molecular formula is C15H18N2O2. The van der Waals surface area contributed by atoms with Crippen molar-refractivity contribution in [1.29, 1.82) is 0 Å². The van der Waals surface area contributed by atoms with Gasteiger partial charge in [0.05, 0.1) is 12.8 Å². The summed E-state index contributed by atoms with van der Waals surface area (Å²) in [4.78, 5) is 12.1. The number of carbonyl (C=O) groups is 1. The fraction of sp³-hybridized carbons (Fsp3) is 0.333. The zero-order valence-corrected chi connectivity index (χ0v) is 11.3. The standard InChI is InChI=1S/C15H18N2O2/c1-3-19-14-6-4-5-13(9-14)15(18)8-7-12-10-16-17(2)11-12/h4-6,9-11H,3,7-8H2,1-2H3. The number of rotatable bonds is 6. The Kier molecular flexibility index (Phi) is 4.34. The minimum atomic E-state index is 0.130. The van der Waals surface area contributed by atoms with Gasteiger partial charge in [-0.3, -0.25) is 9.48 Å². The molecule has 1 heterocycles. The first-order valence-electron chi connectivity index (χ1n) is 6.42. The van der Waals surface area contributed by atoms with Crippen LogP contribution in [0.15, 0.2) is 36.7 Å². The molecule has 0 fully saturated rings. The third kappa shape index (κ3) is 3.68. The molecule has 0 aliphatic heterocycles. The van der Waals surface area contributed by atoms with Crippen molar-refractivity contribution in [3.05, 3.63) is 47.8 Å². The molecule has 0 atom stereocenters. The van der Waals surface area contributed by atoms with Gasteiger partial charge in [0.1, 0.15) is 5.75 Å². The van der Waals surface area contributed by atoms with Crippen LogP contribution < -0.4 is 4.74 Å². The van der Waals surface area contributed by atoms with Gasteiger partial charge in [-0.2, -0.15) is 5.10 Å². The maximum atomic E-state index is 12.1. The van der Waals surface area contributed by atoms with Crippen LogP contribution in [0, 0.1) is 0 Å². The lowest BCUT2D eigenvalue weighted by Crippen LogP contribution is -2.02. The Morgan fingerprint density at radius 3 is 2.95 bits per heavy atom. The SMILES string of the molecule is CCOc1cccc(C(=O)CCc2cnn(C)c2)c1. The van der Waals surface area contributed by atoms with Crippen molar-refractivity contribution in [3.63, 3.8) is 0 Å². The normalized spacial score (nSPS) is 10.4. The van der Waals surface area contributed by atoms with Crippen LogP contribution in [0.1, 0.15) is 29.3 Å². The second-order valence-electron chi connectivity index (χ2n) is 4.41. The minimum Gasteiger partial charge on any atom is -0.494 e. The topological polar surface area (TPSA) is 44.1 Å². The van der Waals surface area contributed by atoms with Gasteiger partial charge in [0, 0.05) is 25.2 Å². The lowest BCUT2D eigenvalue weighted by Gasteiger charge is -2.05. The number of aryl methyl sites for hydroxylation is 2. The van der Waals surface area contributed by atoms with E-state index < -0.39 is 0 Å². The molecule has 19 heavy (non-hydrogen) atoms. The molecule has 0 saturated carbocycles. The smallest absolute Gasteiger partial charge is 0.163 e. The Bertz CT molecular complexity index is 561. The molecule has 2 aromatic rings. The molecule has 0 bridgehead atoms. The Hall–Kier alpha value is -2.10. The van der Waals surface area contributed by atoms with Crippen LogP contribution >= 0.6 is 0 Å². The molecule has 1 aromatic heterocycles. The average Bonchev–Trinajstić information content (AvgIpc) is 2.82. The molecule has 0 radical (unpaired) electrons. The van der Waals surface area contributed by atoms with E-state index in [0.29, 0.717) is 25.0 Å². The third-order valence-electron chi connectivity index (χ3n) is 2.87. The molecule has 100 valence electrons. The zero-order chi connectivity index (χ0) is 13.7. The van der Waals surface area contributed by atoms with Crippen LogP contribution in [-0.2, 0) is 13.5 Å². The summed E-state index contributed by atoms with van der Waals surface area (Å²) in [6.45, 7) is 2.53. The predicted octanol–water partition coefficient (Wildman–Crippen LogP) is 2.63. The van der Waals surface area contributed by atoms with Gasteiger partial charge in [-0.15, -0.1) is 0 Å². The van der Waals surface area contributed by atoms with E-state index in [2.05, 4.69) is 5.10 Å². The predicted molar refractivity (Wildman–Crippen MR) is 73.5 cm³/mol. The van der Waals surface area contributed by atoms with Gasteiger partial charge in [-0.25, -0.2) is 0 Å². The highest BCUT2D eigenvalue weighted by Gasteiger charge is 2.08. The fourth-order valence-electron chi connectivity index (χ4n) is 1.93. The highest BCUT2D eigenvalue weighted by molar-refractivity contribution is 5.96. The van der Waals surface area contributed by atoms with E-state index in [1.54, 1.807) is 16.9 Å². The van der Waals surface area contributed by atoms with Crippen LogP contribution in [0.25, 0.3) is 0 Å². The van der Waals surface area contributed by atoms with Gasteiger partial charge in [0.2, 0.25) is 0 Å². The number of aromatic nitrogens is 2. The molecule has 4 heteroatoms. The molecule has 0 saturated heterocycles. The molecule has 0 aliphatic rings. The van der Waals surface area contributed by atoms with Crippen molar-refractivity contribution in [1.82, 2.24) is 9.78 Å². The van der Waals surface area contributed by atoms with E-state index in [9.17, 15) is 4.79 Å². The van der Waals surface area contributed by atoms with Gasteiger partial charge in [-0.1, -0.05) is 12.1 Å². The van der Waals surface area contributed by atoms with E-state index in [0.717, 1.165) is 11.3 Å². The fourth-order valence-corrected chi connectivity index (χ4v) is 1.93. The van der Waals surface area contributed by atoms with Crippen LogP contribution in [-0.4, -0.2) is 22.2 Å². The summed E-state index contributed by atoms with van der Waals surface area (Å²) in [5, 5.41) is 4.09. The van der Waals surface area contributed by atoms with Crippen molar-refractivity contribution in [2.24, 2.45) is 7.05 Å². The summed E-state index contributed by atoms with van der Waals surface area (Å²) < 4.78 is 7.14. The number of hydrogen-bond donors (Lipinski definition) is 0. The van der Waals surface area contributed by atoms with Crippen molar-refractivity contribution >= 4 is 5.78 Å². The van der Waals surface area contributed by atoms with E-state index in [1.807, 2.05) is 38.4 Å². The average molecular weight is 258 g/mol. The summed E-state index contributed by atoms with van der Waals surface area (Å²) >= 11 is 0. The summed E-state index contributed by atoms with van der Waals surface area (Å²) in [5.41, 5.74) is 1.78. The quantitative estimate of drug-likeness (QED) is 0.748. The Morgan fingerprint density at radius 2 is 2.26 bits per heavy atom. The molecular weight excluding hydrogens is 240 g/mol. The van der Waals surface area contributed by atoms with Gasteiger partial charge in [-0.05, 0) is 31.0 Å². The number of ether oxygens (including phenoxy) is 1.